The standard InChI is InChI=1S/C16H14O4S2/c1-9-7-11(15(17)18)3-5-13(9)21-22-14-6-4-12(16(19)20)8-10(14)2/h3-8H,1-2H3,(H,17,18)(H,19,20). The van der Waals surface area contributed by atoms with Crippen LogP contribution in [0.25, 0.3) is 0 Å². The first-order valence-corrected chi connectivity index (χ1v) is 8.56. The van der Waals surface area contributed by atoms with Gasteiger partial charge < -0.3 is 10.2 Å². The Balaban J connectivity index is 2.13. The average molecular weight is 334 g/mol. The zero-order valence-corrected chi connectivity index (χ0v) is 13.6. The van der Waals surface area contributed by atoms with E-state index in [1.165, 1.54) is 21.6 Å². The molecule has 0 amide bonds. The molecule has 2 aromatic carbocycles. The van der Waals surface area contributed by atoms with Gasteiger partial charge in [0, 0.05) is 9.79 Å². The Hall–Kier alpha value is -1.92. The summed E-state index contributed by atoms with van der Waals surface area (Å²) in [6.45, 7) is 3.74. The van der Waals surface area contributed by atoms with Crippen molar-refractivity contribution in [1.29, 1.82) is 0 Å². The average Bonchev–Trinajstić information content (AvgIpc) is 2.46. The largest absolute Gasteiger partial charge is 0.478 e. The number of carboxylic acid groups (broad SMARTS) is 2. The maximum absolute atomic E-state index is 10.9. The predicted molar refractivity (Wildman–Crippen MR) is 88.0 cm³/mol. The Bertz CT molecular complexity index is 677. The van der Waals surface area contributed by atoms with Crippen molar-refractivity contribution in [2.75, 3.05) is 0 Å². The molecule has 2 aromatic rings. The van der Waals surface area contributed by atoms with E-state index in [-0.39, 0.29) is 11.1 Å². The van der Waals surface area contributed by atoms with Crippen LogP contribution in [0.15, 0.2) is 46.2 Å². The topological polar surface area (TPSA) is 74.6 Å². The highest BCUT2D eigenvalue weighted by molar-refractivity contribution is 8.76. The molecule has 0 fully saturated rings. The van der Waals surface area contributed by atoms with Gasteiger partial charge in [0.25, 0.3) is 0 Å². The molecular weight excluding hydrogens is 320 g/mol. The number of carbonyl (C=O) groups is 2. The number of rotatable bonds is 5. The van der Waals surface area contributed by atoms with E-state index in [0.717, 1.165) is 20.9 Å². The first-order valence-electron chi connectivity index (χ1n) is 6.41. The molecule has 0 saturated heterocycles. The lowest BCUT2D eigenvalue weighted by molar-refractivity contribution is 0.0686. The number of aromatic carboxylic acids is 2. The van der Waals surface area contributed by atoms with Crippen molar-refractivity contribution in [3.63, 3.8) is 0 Å². The molecule has 0 saturated carbocycles. The molecule has 0 aliphatic carbocycles. The van der Waals surface area contributed by atoms with Crippen molar-refractivity contribution in [1.82, 2.24) is 0 Å². The van der Waals surface area contributed by atoms with Gasteiger partial charge in [-0.2, -0.15) is 0 Å². The maximum atomic E-state index is 10.9. The van der Waals surface area contributed by atoms with Crippen LogP contribution in [0.4, 0.5) is 0 Å². The molecule has 0 aliphatic heterocycles. The van der Waals surface area contributed by atoms with Gasteiger partial charge in [-0.15, -0.1) is 0 Å². The lowest BCUT2D eigenvalue weighted by atomic mass is 10.1. The summed E-state index contributed by atoms with van der Waals surface area (Å²) >= 11 is 0. The maximum Gasteiger partial charge on any atom is 0.335 e. The van der Waals surface area contributed by atoms with E-state index in [4.69, 9.17) is 10.2 Å². The highest BCUT2D eigenvalue weighted by Crippen LogP contribution is 2.40. The number of hydrogen-bond acceptors (Lipinski definition) is 4. The van der Waals surface area contributed by atoms with Gasteiger partial charge in [0.2, 0.25) is 0 Å². The number of benzene rings is 2. The van der Waals surface area contributed by atoms with Gasteiger partial charge in [-0.1, -0.05) is 21.6 Å². The summed E-state index contributed by atoms with van der Waals surface area (Å²) in [4.78, 5) is 23.8. The first kappa shape index (κ1) is 16.5. The Morgan fingerprint density at radius 2 is 1.14 bits per heavy atom. The second-order valence-corrected chi connectivity index (χ2v) is 6.95. The third-order valence-corrected chi connectivity index (χ3v) is 5.75. The third kappa shape index (κ3) is 3.84. The molecule has 2 N–H and O–H groups in total. The van der Waals surface area contributed by atoms with Gasteiger partial charge in [0.05, 0.1) is 11.1 Å². The molecule has 0 aromatic heterocycles. The Morgan fingerprint density at radius 1 is 0.773 bits per heavy atom. The molecule has 4 nitrogen and oxygen atoms in total. The highest BCUT2D eigenvalue weighted by atomic mass is 33.1. The monoisotopic (exact) mass is 334 g/mol. The van der Waals surface area contributed by atoms with Gasteiger partial charge in [0.15, 0.2) is 0 Å². The van der Waals surface area contributed by atoms with Gasteiger partial charge in [0.1, 0.15) is 0 Å². The molecular formula is C16H14O4S2. The van der Waals surface area contributed by atoms with Crippen LogP contribution in [0, 0.1) is 13.8 Å². The molecule has 0 atom stereocenters. The first-order chi connectivity index (χ1) is 10.4. The van der Waals surface area contributed by atoms with E-state index >= 15 is 0 Å². The smallest absolute Gasteiger partial charge is 0.335 e. The zero-order valence-electron chi connectivity index (χ0n) is 12.0. The lowest BCUT2D eigenvalue weighted by Crippen LogP contribution is -1.97. The van der Waals surface area contributed by atoms with Gasteiger partial charge >= 0.3 is 11.9 Å². The van der Waals surface area contributed by atoms with Crippen molar-refractivity contribution in [3.05, 3.63) is 58.7 Å². The summed E-state index contributed by atoms with van der Waals surface area (Å²) in [6, 6.07) is 10.0. The van der Waals surface area contributed by atoms with Crippen LogP contribution in [-0.2, 0) is 0 Å². The molecule has 0 bridgehead atoms. The van der Waals surface area contributed by atoms with E-state index < -0.39 is 11.9 Å². The summed E-state index contributed by atoms with van der Waals surface area (Å²) in [5, 5.41) is 17.9. The minimum atomic E-state index is -0.938. The molecule has 0 heterocycles. The van der Waals surface area contributed by atoms with E-state index in [1.807, 2.05) is 13.8 Å². The molecule has 0 unspecified atom stereocenters. The number of hydrogen-bond donors (Lipinski definition) is 2. The fourth-order valence-corrected chi connectivity index (χ4v) is 4.31. The van der Waals surface area contributed by atoms with Crippen molar-refractivity contribution < 1.29 is 19.8 Å². The second-order valence-electron chi connectivity index (χ2n) is 4.74. The minimum Gasteiger partial charge on any atom is -0.478 e. The number of aryl methyl sites for hydroxylation is 2. The van der Waals surface area contributed by atoms with Crippen LogP contribution in [0.5, 0.6) is 0 Å². The van der Waals surface area contributed by atoms with Crippen LogP contribution in [-0.4, -0.2) is 22.2 Å². The van der Waals surface area contributed by atoms with Crippen molar-refractivity contribution in [2.45, 2.75) is 23.6 Å². The summed E-state index contributed by atoms with van der Waals surface area (Å²) in [5.74, 6) is -1.88. The molecule has 0 spiro atoms. The van der Waals surface area contributed by atoms with Gasteiger partial charge in [-0.05, 0) is 61.4 Å². The van der Waals surface area contributed by atoms with Crippen molar-refractivity contribution in [2.24, 2.45) is 0 Å². The Morgan fingerprint density at radius 3 is 1.41 bits per heavy atom. The zero-order chi connectivity index (χ0) is 16.3. The van der Waals surface area contributed by atoms with E-state index in [2.05, 4.69) is 0 Å². The predicted octanol–water partition coefficient (Wildman–Crippen LogP) is 4.50. The van der Waals surface area contributed by atoms with Crippen LogP contribution in [0.3, 0.4) is 0 Å². The summed E-state index contributed by atoms with van der Waals surface area (Å²) < 4.78 is 0. The van der Waals surface area contributed by atoms with Crippen LogP contribution in [0.2, 0.25) is 0 Å². The molecule has 0 radical (unpaired) electrons. The second kappa shape index (κ2) is 6.89. The molecule has 2 rings (SSSR count). The fourth-order valence-electron chi connectivity index (χ4n) is 1.84. The van der Waals surface area contributed by atoms with Crippen LogP contribution < -0.4 is 0 Å². The number of carboxylic acids is 2. The Kier molecular flexibility index (Phi) is 5.15. The van der Waals surface area contributed by atoms with Gasteiger partial charge in [-0.3, -0.25) is 0 Å². The summed E-state index contributed by atoms with van der Waals surface area (Å²) in [6.07, 6.45) is 0. The van der Waals surface area contributed by atoms with E-state index in [1.54, 1.807) is 36.4 Å². The SMILES string of the molecule is Cc1cc(C(=O)O)ccc1SSc1ccc(C(=O)O)cc1C. The normalized spacial score (nSPS) is 10.5. The highest BCUT2D eigenvalue weighted by Gasteiger charge is 2.09. The molecule has 22 heavy (non-hydrogen) atoms. The van der Waals surface area contributed by atoms with E-state index in [9.17, 15) is 9.59 Å². The van der Waals surface area contributed by atoms with Crippen LogP contribution >= 0.6 is 21.6 Å². The molecule has 0 aliphatic rings. The third-order valence-electron chi connectivity index (χ3n) is 3.06. The quantitative estimate of drug-likeness (QED) is 0.784. The minimum absolute atomic E-state index is 0.272. The van der Waals surface area contributed by atoms with Crippen molar-refractivity contribution in [3.8, 4) is 0 Å². The van der Waals surface area contributed by atoms with E-state index in [0.29, 0.717) is 0 Å². The molecule has 114 valence electrons. The van der Waals surface area contributed by atoms with Crippen LogP contribution in [0.1, 0.15) is 31.8 Å². The van der Waals surface area contributed by atoms with Gasteiger partial charge in [-0.25, -0.2) is 9.59 Å². The van der Waals surface area contributed by atoms with Crippen molar-refractivity contribution >= 4 is 33.5 Å². The summed E-state index contributed by atoms with van der Waals surface area (Å²) in [5.41, 5.74) is 2.34. The summed E-state index contributed by atoms with van der Waals surface area (Å²) in [7, 11) is 3.05. The lowest BCUT2D eigenvalue weighted by Gasteiger charge is -2.08. The fraction of sp³-hybridized carbons (Fsp3) is 0.125. The molecule has 6 heteroatoms. The Labute approximate surface area is 136 Å².